The molecule has 2 heteroatoms. The van der Waals surface area contributed by atoms with E-state index in [2.05, 4.69) is 20.8 Å². The molecule has 0 bridgehead atoms. The van der Waals surface area contributed by atoms with Crippen molar-refractivity contribution in [3.63, 3.8) is 0 Å². The van der Waals surface area contributed by atoms with Crippen LogP contribution in [0.5, 0.6) is 0 Å². The molecular weight excluding hydrogens is 184 g/mol. The number of aliphatic hydroxyl groups excluding tert-OH is 1. The standard InChI is InChI=1S/C11H19ClO/c1-11(2,3)9-4-5-10(12)8(6-9)7-13/h9,13H,4-7H2,1-3H3. The zero-order valence-electron chi connectivity index (χ0n) is 8.73. The molecule has 76 valence electrons. The molecule has 0 aromatic carbocycles. The molecule has 0 radical (unpaired) electrons. The fraction of sp³-hybridized carbons (Fsp3) is 0.818. The van der Waals surface area contributed by atoms with E-state index in [0.29, 0.717) is 11.3 Å². The predicted molar refractivity (Wildman–Crippen MR) is 56.8 cm³/mol. The van der Waals surface area contributed by atoms with Crippen molar-refractivity contribution in [2.45, 2.75) is 40.0 Å². The highest BCUT2D eigenvalue weighted by atomic mass is 35.5. The number of halogens is 1. The maximum atomic E-state index is 9.10. The molecule has 0 aromatic rings. The van der Waals surface area contributed by atoms with Gasteiger partial charge in [-0.1, -0.05) is 32.4 Å². The van der Waals surface area contributed by atoms with E-state index in [1.165, 1.54) is 0 Å². The van der Waals surface area contributed by atoms with Crippen molar-refractivity contribution in [3.05, 3.63) is 10.6 Å². The molecular formula is C11H19ClO. The van der Waals surface area contributed by atoms with Crippen molar-refractivity contribution in [2.24, 2.45) is 11.3 Å². The van der Waals surface area contributed by atoms with Gasteiger partial charge in [0, 0.05) is 5.03 Å². The highest BCUT2D eigenvalue weighted by Gasteiger charge is 2.28. The van der Waals surface area contributed by atoms with Crippen LogP contribution >= 0.6 is 11.6 Å². The molecule has 0 aliphatic heterocycles. The third kappa shape index (κ3) is 2.72. The first-order valence-electron chi connectivity index (χ1n) is 4.92. The van der Waals surface area contributed by atoms with E-state index in [1.54, 1.807) is 0 Å². The van der Waals surface area contributed by atoms with Crippen LogP contribution in [0.1, 0.15) is 40.0 Å². The lowest BCUT2D eigenvalue weighted by Gasteiger charge is -2.34. The first-order valence-corrected chi connectivity index (χ1v) is 5.30. The van der Waals surface area contributed by atoms with Gasteiger partial charge in [0.1, 0.15) is 0 Å². The molecule has 1 atom stereocenters. The summed E-state index contributed by atoms with van der Waals surface area (Å²) in [7, 11) is 0. The molecule has 1 aliphatic carbocycles. The van der Waals surface area contributed by atoms with E-state index in [9.17, 15) is 0 Å². The Bertz CT molecular complexity index is 213. The van der Waals surface area contributed by atoms with Gasteiger partial charge in [-0.3, -0.25) is 0 Å². The molecule has 1 unspecified atom stereocenters. The second-order valence-electron chi connectivity index (χ2n) is 4.97. The van der Waals surface area contributed by atoms with Gasteiger partial charge in [0.15, 0.2) is 0 Å². The Morgan fingerprint density at radius 1 is 1.46 bits per heavy atom. The fourth-order valence-electron chi connectivity index (χ4n) is 1.88. The lowest BCUT2D eigenvalue weighted by Crippen LogP contribution is -2.24. The number of rotatable bonds is 1. The molecule has 13 heavy (non-hydrogen) atoms. The minimum Gasteiger partial charge on any atom is -0.392 e. The normalized spacial score (nSPS) is 25.2. The van der Waals surface area contributed by atoms with Gasteiger partial charge in [0.05, 0.1) is 6.61 Å². The monoisotopic (exact) mass is 202 g/mol. The third-order valence-corrected chi connectivity index (χ3v) is 3.46. The molecule has 1 aliphatic rings. The Balaban J connectivity index is 2.70. The van der Waals surface area contributed by atoms with Crippen molar-refractivity contribution in [1.29, 1.82) is 0 Å². The number of allylic oxidation sites excluding steroid dienone is 1. The first kappa shape index (κ1) is 11.1. The molecule has 0 amide bonds. The Hall–Kier alpha value is -0.0100. The van der Waals surface area contributed by atoms with Gasteiger partial charge in [0.25, 0.3) is 0 Å². The summed E-state index contributed by atoms with van der Waals surface area (Å²) in [6, 6.07) is 0. The lowest BCUT2D eigenvalue weighted by atomic mass is 9.72. The number of hydrogen-bond donors (Lipinski definition) is 1. The van der Waals surface area contributed by atoms with Gasteiger partial charge in [0.2, 0.25) is 0 Å². The summed E-state index contributed by atoms with van der Waals surface area (Å²) in [5, 5.41) is 9.99. The van der Waals surface area contributed by atoms with Gasteiger partial charge in [-0.15, -0.1) is 0 Å². The average Bonchev–Trinajstić information content (AvgIpc) is 2.03. The molecule has 1 nitrogen and oxygen atoms in total. The molecule has 1 N–H and O–H groups in total. The maximum Gasteiger partial charge on any atom is 0.0656 e. The van der Waals surface area contributed by atoms with Crippen molar-refractivity contribution in [3.8, 4) is 0 Å². The van der Waals surface area contributed by atoms with Crippen LogP contribution < -0.4 is 0 Å². The number of hydrogen-bond acceptors (Lipinski definition) is 1. The van der Waals surface area contributed by atoms with Crippen LogP contribution in [-0.4, -0.2) is 11.7 Å². The highest BCUT2D eigenvalue weighted by molar-refractivity contribution is 6.30. The fourth-order valence-corrected chi connectivity index (χ4v) is 2.12. The summed E-state index contributed by atoms with van der Waals surface area (Å²) in [5.74, 6) is 0.664. The van der Waals surface area contributed by atoms with Gasteiger partial charge >= 0.3 is 0 Å². The van der Waals surface area contributed by atoms with E-state index in [1.807, 2.05) is 0 Å². The minimum atomic E-state index is 0.130. The third-order valence-electron chi connectivity index (χ3n) is 3.00. The van der Waals surface area contributed by atoms with Crippen molar-refractivity contribution in [1.82, 2.24) is 0 Å². The molecule has 0 spiro atoms. The van der Waals surface area contributed by atoms with Crippen molar-refractivity contribution in [2.75, 3.05) is 6.61 Å². The van der Waals surface area contributed by atoms with E-state index in [4.69, 9.17) is 16.7 Å². The van der Waals surface area contributed by atoms with Crippen LogP contribution in [-0.2, 0) is 0 Å². The number of aliphatic hydroxyl groups is 1. The molecule has 0 fully saturated rings. The zero-order chi connectivity index (χ0) is 10.1. The summed E-state index contributed by atoms with van der Waals surface area (Å²) in [6.45, 7) is 6.90. The summed E-state index contributed by atoms with van der Waals surface area (Å²) < 4.78 is 0. The van der Waals surface area contributed by atoms with Gasteiger partial charge in [-0.25, -0.2) is 0 Å². The van der Waals surface area contributed by atoms with Crippen LogP contribution in [0, 0.1) is 11.3 Å². The predicted octanol–water partition coefficient (Wildman–Crippen LogP) is 3.32. The Kier molecular flexibility index (Phi) is 3.42. The lowest BCUT2D eigenvalue weighted by molar-refractivity contribution is 0.205. The first-order chi connectivity index (χ1) is 5.95. The smallest absolute Gasteiger partial charge is 0.0656 e. The second kappa shape index (κ2) is 4.02. The molecule has 0 saturated heterocycles. The second-order valence-corrected chi connectivity index (χ2v) is 5.43. The van der Waals surface area contributed by atoms with Crippen LogP contribution in [0.2, 0.25) is 0 Å². The van der Waals surface area contributed by atoms with Crippen LogP contribution in [0.25, 0.3) is 0 Å². The molecule has 0 saturated carbocycles. The Labute approximate surface area is 85.8 Å². The maximum absolute atomic E-state index is 9.10. The Morgan fingerprint density at radius 2 is 2.08 bits per heavy atom. The summed E-state index contributed by atoms with van der Waals surface area (Å²) in [6.07, 6.45) is 3.07. The van der Waals surface area contributed by atoms with Gasteiger partial charge in [-0.05, 0) is 36.2 Å². The quantitative estimate of drug-likeness (QED) is 0.692. The summed E-state index contributed by atoms with van der Waals surface area (Å²) >= 11 is 6.02. The van der Waals surface area contributed by atoms with E-state index < -0.39 is 0 Å². The summed E-state index contributed by atoms with van der Waals surface area (Å²) in [4.78, 5) is 0. The van der Waals surface area contributed by atoms with Crippen LogP contribution in [0.15, 0.2) is 10.6 Å². The van der Waals surface area contributed by atoms with Crippen molar-refractivity contribution >= 4 is 11.6 Å². The van der Waals surface area contributed by atoms with E-state index in [-0.39, 0.29) is 6.61 Å². The average molecular weight is 203 g/mol. The van der Waals surface area contributed by atoms with Crippen molar-refractivity contribution < 1.29 is 5.11 Å². The largest absolute Gasteiger partial charge is 0.392 e. The molecule has 1 rings (SSSR count). The topological polar surface area (TPSA) is 20.2 Å². The molecule has 0 heterocycles. The van der Waals surface area contributed by atoms with E-state index >= 15 is 0 Å². The van der Waals surface area contributed by atoms with Gasteiger partial charge in [-0.2, -0.15) is 0 Å². The SMILES string of the molecule is CC(C)(C)C1CCC(Cl)=C(CO)C1. The zero-order valence-corrected chi connectivity index (χ0v) is 9.49. The van der Waals surface area contributed by atoms with E-state index in [0.717, 1.165) is 29.9 Å². The summed E-state index contributed by atoms with van der Waals surface area (Å²) in [5.41, 5.74) is 1.38. The highest BCUT2D eigenvalue weighted by Crippen LogP contribution is 2.40. The van der Waals surface area contributed by atoms with Crippen LogP contribution in [0.4, 0.5) is 0 Å². The molecule has 0 aromatic heterocycles. The Morgan fingerprint density at radius 3 is 2.54 bits per heavy atom. The minimum absolute atomic E-state index is 0.130. The van der Waals surface area contributed by atoms with Crippen LogP contribution in [0.3, 0.4) is 0 Å². The van der Waals surface area contributed by atoms with Gasteiger partial charge < -0.3 is 5.11 Å².